The highest BCUT2D eigenvalue weighted by Crippen LogP contribution is 2.21. The Labute approximate surface area is 143 Å². The number of thiophene rings is 1. The van der Waals surface area contributed by atoms with Crippen molar-refractivity contribution in [2.75, 3.05) is 0 Å². The molecular formula is C17H18N4O2S. The quantitative estimate of drug-likeness (QED) is 0.714. The first-order valence-electron chi connectivity index (χ1n) is 7.74. The van der Waals surface area contributed by atoms with Crippen LogP contribution in [0.4, 0.5) is 0 Å². The van der Waals surface area contributed by atoms with E-state index in [1.165, 1.54) is 0 Å². The molecule has 0 aliphatic rings. The van der Waals surface area contributed by atoms with Gasteiger partial charge in [-0.3, -0.25) is 14.4 Å². The Morgan fingerprint density at radius 1 is 1.33 bits per heavy atom. The molecule has 0 atom stereocenters. The first-order valence-corrected chi connectivity index (χ1v) is 8.62. The van der Waals surface area contributed by atoms with Crippen LogP contribution in [0.2, 0.25) is 0 Å². The van der Waals surface area contributed by atoms with Gasteiger partial charge in [-0.05, 0) is 37.4 Å². The van der Waals surface area contributed by atoms with Gasteiger partial charge in [-0.1, -0.05) is 17.3 Å². The molecule has 0 N–H and O–H groups in total. The van der Waals surface area contributed by atoms with E-state index in [1.54, 1.807) is 22.1 Å². The molecule has 0 amide bonds. The van der Waals surface area contributed by atoms with Gasteiger partial charge in [-0.25, -0.2) is 0 Å². The lowest BCUT2D eigenvalue weighted by atomic mass is 10.3. The molecule has 3 aromatic heterocycles. The van der Waals surface area contributed by atoms with Gasteiger partial charge in [0, 0.05) is 25.1 Å². The van der Waals surface area contributed by atoms with E-state index in [4.69, 9.17) is 4.52 Å². The second kappa shape index (κ2) is 7.35. The number of aromatic nitrogens is 3. The van der Waals surface area contributed by atoms with E-state index in [9.17, 15) is 4.79 Å². The number of hydrogen-bond acceptors (Lipinski definition) is 6. The number of hydrogen-bond donors (Lipinski definition) is 0. The highest BCUT2D eigenvalue weighted by molar-refractivity contribution is 7.13. The van der Waals surface area contributed by atoms with Crippen LogP contribution in [0.1, 0.15) is 31.0 Å². The number of carbonyl (C=O) groups is 1. The van der Waals surface area contributed by atoms with E-state index >= 15 is 0 Å². The summed E-state index contributed by atoms with van der Waals surface area (Å²) < 4.78 is 6.80. The van der Waals surface area contributed by atoms with Crippen LogP contribution in [0.3, 0.4) is 0 Å². The maximum Gasteiger partial charge on any atom is 0.232 e. The lowest BCUT2D eigenvalue weighted by Crippen LogP contribution is -2.27. The van der Waals surface area contributed by atoms with Gasteiger partial charge in [0.25, 0.3) is 0 Å². The van der Waals surface area contributed by atoms with Crippen molar-refractivity contribution in [3.05, 3.63) is 53.3 Å². The molecule has 0 saturated heterocycles. The number of carbonyl (C=O) groups excluding carboxylic acids is 1. The summed E-state index contributed by atoms with van der Waals surface area (Å²) >= 11 is 1.55. The zero-order chi connectivity index (χ0) is 16.9. The third-order valence-electron chi connectivity index (χ3n) is 3.26. The van der Waals surface area contributed by atoms with Crippen LogP contribution in [-0.4, -0.2) is 26.7 Å². The Morgan fingerprint density at radius 2 is 2.21 bits per heavy atom. The van der Waals surface area contributed by atoms with Crippen molar-refractivity contribution in [2.45, 2.75) is 32.7 Å². The van der Waals surface area contributed by atoms with Crippen LogP contribution >= 0.6 is 11.3 Å². The van der Waals surface area contributed by atoms with Gasteiger partial charge in [0.05, 0.1) is 4.88 Å². The fourth-order valence-corrected chi connectivity index (χ4v) is 2.86. The Morgan fingerprint density at radius 3 is 2.96 bits per heavy atom. The lowest BCUT2D eigenvalue weighted by molar-refractivity contribution is 0.0894. The van der Waals surface area contributed by atoms with Crippen LogP contribution in [0.5, 0.6) is 0 Å². The molecule has 0 unspecified atom stereocenters. The van der Waals surface area contributed by atoms with Crippen molar-refractivity contribution in [1.82, 2.24) is 14.7 Å². The van der Waals surface area contributed by atoms with Gasteiger partial charge < -0.3 is 4.52 Å². The molecule has 0 radical (unpaired) electrons. The highest BCUT2D eigenvalue weighted by Gasteiger charge is 2.12. The molecule has 7 heteroatoms. The van der Waals surface area contributed by atoms with E-state index in [2.05, 4.69) is 15.1 Å². The molecule has 24 heavy (non-hydrogen) atoms. The molecule has 0 spiro atoms. The molecule has 0 aliphatic carbocycles. The largest absolute Gasteiger partial charge is 0.339 e. The molecule has 3 rings (SSSR count). The number of pyridine rings is 1. The fourth-order valence-electron chi connectivity index (χ4n) is 2.21. The van der Waals surface area contributed by atoms with E-state index < -0.39 is 0 Å². The van der Waals surface area contributed by atoms with Crippen molar-refractivity contribution in [1.29, 1.82) is 0 Å². The monoisotopic (exact) mass is 342 g/mol. The zero-order valence-electron chi connectivity index (χ0n) is 13.5. The van der Waals surface area contributed by atoms with E-state index in [-0.39, 0.29) is 18.4 Å². The number of aryl methyl sites for hydroxylation is 1. The lowest BCUT2D eigenvalue weighted by Gasteiger charge is -2.06. The summed E-state index contributed by atoms with van der Waals surface area (Å²) in [6, 6.07) is 9.51. The summed E-state index contributed by atoms with van der Waals surface area (Å²) in [5, 5.41) is 5.91. The van der Waals surface area contributed by atoms with Crippen LogP contribution in [0, 0.1) is 0 Å². The molecule has 0 saturated carbocycles. The second-order valence-electron chi connectivity index (χ2n) is 5.53. The molecule has 0 aliphatic heterocycles. The first kappa shape index (κ1) is 16.3. The topological polar surface area (TPSA) is 73.3 Å². The minimum atomic E-state index is -0.0501. The minimum Gasteiger partial charge on any atom is -0.339 e. The third kappa shape index (κ3) is 3.86. The SMILES string of the molecule is CC(C)N=c1ccccn1C(=O)CCc1nc(-c2cccs2)no1. The maximum absolute atomic E-state index is 12.5. The van der Waals surface area contributed by atoms with Crippen molar-refractivity contribution in [3.8, 4) is 10.7 Å². The van der Waals surface area contributed by atoms with Crippen LogP contribution in [0.15, 0.2) is 51.4 Å². The van der Waals surface area contributed by atoms with Gasteiger partial charge in [-0.15, -0.1) is 11.3 Å². The predicted octanol–water partition coefficient (Wildman–Crippen LogP) is 3.18. The van der Waals surface area contributed by atoms with Gasteiger partial charge in [0.2, 0.25) is 17.6 Å². The van der Waals surface area contributed by atoms with Gasteiger partial charge in [-0.2, -0.15) is 4.98 Å². The smallest absolute Gasteiger partial charge is 0.232 e. The molecule has 0 aromatic carbocycles. The molecule has 124 valence electrons. The summed E-state index contributed by atoms with van der Waals surface area (Å²) in [5.74, 6) is 0.979. The van der Waals surface area contributed by atoms with E-state index in [0.29, 0.717) is 23.6 Å². The van der Waals surface area contributed by atoms with E-state index in [1.807, 2.05) is 49.6 Å². The fraction of sp³-hybridized carbons (Fsp3) is 0.294. The van der Waals surface area contributed by atoms with Gasteiger partial charge >= 0.3 is 0 Å². The number of nitrogens with zero attached hydrogens (tertiary/aromatic N) is 4. The maximum atomic E-state index is 12.5. The zero-order valence-corrected chi connectivity index (χ0v) is 14.4. The van der Waals surface area contributed by atoms with Crippen LogP contribution in [-0.2, 0) is 6.42 Å². The van der Waals surface area contributed by atoms with Crippen LogP contribution in [0.25, 0.3) is 10.7 Å². The van der Waals surface area contributed by atoms with Crippen molar-refractivity contribution in [2.24, 2.45) is 4.99 Å². The molecule has 6 nitrogen and oxygen atoms in total. The second-order valence-corrected chi connectivity index (χ2v) is 6.48. The Bertz CT molecular complexity index is 878. The van der Waals surface area contributed by atoms with Crippen molar-refractivity contribution >= 4 is 17.2 Å². The predicted molar refractivity (Wildman–Crippen MR) is 91.7 cm³/mol. The molecule has 3 aromatic rings. The van der Waals surface area contributed by atoms with E-state index in [0.717, 1.165) is 4.88 Å². The first-order chi connectivity index (χ1) is 11.6. The Kier molecular flexibility index (Phi) is 5.00. The normalized spacial score (nSPS) is 12.0. The molecule has 0 fully saturated rings. The average molecular weight is 342 g/mol. The van der Waals surface area contributed by atoms with Crippen molar-refractivity contribution < 1.29 is 9.32 Å². The van der Waals surface area contributed by atoms with Crippen molar-refractivity contribution in [3.63, 3.8) is 0 Å². The number of rotatable bonds is 5. The Balaban J connectivity index is 1.71. The summed E-state index contributed by atoms with van der Waals surface area (Å²) in [7, 11) is 0. The van der Waals surface area contributed by atoms with Gasteiger partial charge in [0.15, 0.2) is 0 Å². The summed E-state index contributed by atoms with van der Waals surface area (Å²) in [4.78, 5) is 22.2. The summed E-state index contributed by atoms with van der Waals surface area (Å²) in [6.45, 7) is 3.96. The Hall–Kier alpha value is -2.54. The van der Waals surface area contributed by atoms with Gasteiger partial charge in [0.1, 0.15) is 5.49 Å². The molecule has 3 heterocycles. The molecular weight excluding hydrogens is 324 g/mol. The highest BCUT2D eigenvalue weighted by atomic mass is 32.1. The summed E-state index contributed by atoms with van der Waals surface area (Å²) in [6.07, 6.45) is 2.41. The third-order valence-corrected chi connectivity index (χ3v) is 4.13. The molecule has 0 bridgehead atoms. The average Bonchev–Trinajstić information content (AvgIpc) is 3.24. The summed E-state index contributed by atoms with van der Waals surface area (Å²) in [5.41, 5.74) is 0.655. The standard InChI is InChI=1S/C17H18N4O2S/c1-12(2)18-14-7-3-4-10-21(14)16(22)9-8-15-19-17(20-23-15)13-6-5-11-24-13/h3-7,10-12H,8-9H2,1-2H3. The van der Waals surface area contributed by atoms with Crippen LogP contribution < -0.4 is 5.49 Å². The minimum absolute atomic E-state index is 0.0501.